The van der Waals surface area contributed by atoms with Crippen LogP contribution in [0.15, 0.2) is 24.3 Å². The molecule has 1 aliphatic rings. The Morgan fingerprint density at radius 1 is 1.20 bits per heavy atom. The average Bonchev–Trinajstić information content (AvgIpc) is 2.15. The monoisotopic (exact) mass is 203 g/mol. The number of rotatable bonds is 1. The van der Waals surface area contributed by atoms with E-state index in [-0.39, 0.29) is 0 Å². The Morgan fingerprint density at radius 2 is 1.87 bits per heavy atom. The van der Waals surface area contributed by atoms with Crippen LogP contribution in [0.4, 0.5) is 0 Å². The average molecular weight is 203 g/mol. The maximum absolute atomic E-state index is 3.63. The first-order valence-electron chi connectivity index (χ1n) is 5.85. The fourth-order valence-corrected chi connectivity index (χ4v) is 2.40. The van der Waals surface area contributed by atoms with Gasteiger partial charge in [0.25, 0.3) is 0 Å². The standard InChI is InChI=1S/C14H21N/c1-14(2,3)9-13-8-11-6-4-5-7-12(11)10-15-13/h4-7,13,15H,8-10H2,1-3H3/t13-/m0/s1. The van der Waals surface area contributed by atoms with E-state index in [1.165, 1.54) is 24.0 Å². The van der Waals surface area contributed by atoms with Crippen molar-refractivity contribution in [3.63, 3.8) is 0 Å². The van der Waals surface area contributed by atoms with Crippen molar-refractivity contribution in [2.45, 2.75) is 46.2 Å². The van der Waals surface area contributed by atoms with Gasteiger partial charge in [0.1, 0.15) is 0 Å². The van der Waals surface area contributed by atoms with Gasteiger partial charge in [-0.05, 0) is 29.4 Å². The van der Waals surface area contributed by atoms with Crippen molar-refractivity contribution in [1.82, 2.24) is 5.32 Å². The van der Waals surface area contributed by atoms with Crippen molar-refractivity contribution >= 4 is 0 Å². The SMILES string of the molecule is CC(C)(C)C[C@@H]1Cc2ccccc2CN1. The summed E-state index contributed by atoms with van der Waals surface area (Å²) in [6, 6.07) is 9.43. The van der Waals surface area contributed by atoms with E-state index in [0.717, 1.165) is 6.54 Å². The smallest absolute Gasteiger partial charge is 0.0210 e. The van der Waals surface area contributed by atoms with Crippen molar-refractivity contribution in [2.75, 3.05) is 0 Å². The van der Waals surface area contributed by atoms with E-state index in [9.17, 15) is 0 Å². The van der Waals surface area contributed by atoms with Crippen LogP contribution in [0.5, 0.6) is 0 Å². The molecule has 1 aromatic rings. The van der Waals surface area contributed by atoms with Gasteiger partial charge in [-0.15, -0.1) is 0 Å². The van der Waals surface area contributed by atoms with Gasteiger partial charge in [-0.25, -0.2) is 0 Å². The third kappa shape index (κ3) is 2.82. The maximum atomic E-state index is 3.63. The second-order valence-electron chi connectivity index (χ2n) is 5.82. The lowest BCUT2D eigenvalue weighted by atomic mass is 9.83. The summed E-state index contributed by atoms with van der Waals surface area (Å²) in [6.07, 6.45) is 2.44. The molecule has 82 valence electrons. The van der Waals surface area contributed by atoms with Gasteiger partial charge in [-0.1, -0.05) is 45.0 Å². The Labute approximate surface area is 92.9 Å². The van der Waals surface area contributed by atoms with E-state index in [4.69, 9.17) is 0 Å². The van der Waals surface area contributed by atoms with Crippen LogP contribution in [0.25, 0.3) is 0 Å². The largest absolute Gasteiger partial charge is 0.310 e. The number of nitrogens with one attached hydrogen (secondary N) is 1. The molecule has 0 aromatic heterocycles. The highest BCUT2D eigenvalue weighted by Crippen LogP contribution is 2.25. The molecule has 1 heteroatoms. The van der Waals surface area contributed by atoms with Crippen molar-refractivity contribution in [3.8, 4) is 0 Å². The van der Waals surface area contributed by atoms with Gasteiger partial charge >= 0.3 is 0 Å². The molecule has 0 bridgehead atoms. The minimum Gasteiger partial charge on any atom is -0.310 e. The van der Waals surface area contributed by atoms with Crippen LogP contribution in [0.3, 0.4) is 0 Å². The highest BCUT2D eigenvalue weighted by molar-refractivity contribution is 5.29. The first-order chi connectivity index (χ1) is 7.04. The molecule has 1 aliphatic heterocycles. The molecule has 0 amide bonds. The van der Waals surface area contributed by atoms with Gasteiger partial charge < -0.3 is 5.32 Å². The summed E-state index contributed by atoms with van der Waals surface area (Å²) in [7, 11) is 0. The van der Waals surface area contributed by atoms with Gasteiger partial charge in [0, 0.05) is 12.6 Å². The van der Waals surface area contributed by atoms with Gasteiger partial charge in [0.2, 0.25) is 0 Å². The second kappa shape index (κ2) is 3.97. The Hall–Kier alpha value is -0.820. The van der Waals surface area contributed by atoms with Crippen molar-refractivity contribution < 1.29 is 0 Å². The lowest BCUT2D eigenvalue weighted by Gasteiger charge is -2.31. The number of hydrogen-bond acceptors (Lipinski definition) is 1. The van der Waals surface area contributed by atoms with Gasteiger partial charge in [-0.3, -0.25) is 0 Å². The Bertz CT molecular complexity index is 335. The highest BCUT2D eigenvalue weighted by Gasteiger charge is 2.22. The maximum Gasteiger partial charge on any atom is 0.0210 e. The molecule has 1 N–H and O–H groups in total. The summed E-state index contributed by atoms with van der Waals surface area (Å²) in [5.41, 5.74) is 3.43. The van der Waals surface area contributed by atoms with Crippen molar-refractivity contribution in [2.24, 2.45) is 5.41 Å². The topological polar surface area (TPSA) is 12.0 Å². The summed E-state index contributed by atoms with van der Waals surface area (Å²) in [5, 5.41) is 3.63. The Morgan fingerprint density at radius 3 is 2.53 bits per heavy atom. The van der Waals surface area contributed by atoms with Crippen molar-refractivity contribution in [3.05, 3.63) is 35.4 Å². The molecule has 0 radical (unpaired) electrons. The van der Waals surface area contributed by atoms with E-state index in [1.807, 2.05) is 0 Å². The Kier molecular flexibility index (Phi) is 2.83. The van der Waals surface area contributed by atoms with Crippen LogP contribution in [-0.2, 0) is 13.0 Å². The van der Waals surface area contributed by atoms with E-state index in [0.29, 0.717) is 11.5 Å². The Balaban J connectivity index is 2.06. The lowest BCUT2D eigenvalue weighted by molar-refractivity contribution is 0.298. The van der Waals surface area contributed by atoms with Gasteiger partial charge in [-0.2, -0.15) is 0 Å². The predicted octanol–water partition coefficient (Wildman–Crippen LogP) is 3.14. The molecular weight excluding hydrogens is 182 g/mol. The molecule has 1 atom stereocenters. The fourth-order valence-electron chi connectivity index (χ4n) is 2.40. The number of benzene rings is 1. The normalized spacial score (nSPS) is 21.1. The second-order valence-corrected chi connectivity index (χ2v) is 5.82. The zero-order valence-corrected chi connectivity index (χ0v) is 10.0. The molecule has 0 unspecified atom stereocenters. The summed E-state index contributed by atoms with van der Waals surface area (Å²) < 4.78 is 0. The molecule has 1 aromatic carbocycles. The molecule has 0 fully saturated rings. The van der Waals surface area contributed by atoms with Crippen LogP contribution in [-0.4, -0.2) is 6.04 Å². The highest BCUT2D eigenvalue weighted by atomic mass is 14.9. The molecule has 0 aliphatic carbocycles. The van der Waals surface area contributed by atoms with Crippen molar-refractivity contribution in [1.29, 1.82) is 0 Å². The third-order valence-corrected chi connectivity index (χ3v) is 3.02. The fraction of sp³-hybridized carbons (Fsp3) is 0.571. The third-order valence-electron chi connectivity index (χ3n) is 3.02. The molecule has 15 heavy (non-hydrogen) atoms. The molecule has 1 heterocycles. The molecule has 0 saturated heterocycles. The minimum atomic E-state index is 0.421. The zero-order valence-electron chi connectivity index (χ0n) is 10.0. The number of fused-ring (bicyclic) bond motifs is 1. The molecule has 2 rings (SSSR count). The van der Waals surface area contributed by atoms with E-state index >= 15 is 0 Å². The van der Waals surface area contributed by atoms with Gasteiger partial charge in [0.05, 0.1) is 0 Å². The summed E-state index contributed by atoms with van der Waals surface area (Å²) >= 11 is 0. The van der Waals surface area contributed by atoms with Crippen LogP contribution in [0.2, 0.25) is 0 Å². The first-order valence-corrected chi connectivity index (χ1v) is 5.85. The predicted molar refractivity (Wildman–Crippen MR) is 64.8 cm³/mol. The number of hydrogen-bond donors (Lipinski definition) is 1. The minimum absolute atomic E-state index is 0.421. The first kappa shape index (κ1) is 10.7. The molecule has 1 nitrogen and oxygen atoms in total. The summed E-state index contributed by atoms with van der Waals surface area (Å²) in [5.74, 6) is 0. The molecule has 0 saturated carbocycles. The zero-order chi connectivity index (χ0) is 10.9. The lowest BCUT2D eigenvalue weighted by Crippen LogP contribution is -2.38. The van der Waals surface area contributed by atoms with E-state index in [2.05, 4.69) is 50.4 Å². The van der Waals surface area contributed by atoms with Crippen LogP contribution < -0.4 is 5.32 Å². The quantitative estimate of drug-likeness (QED) is 0.739. The molecule has 0 spiro atoms. The summed E-state index contributed by atoms with van der Waals surface area (Å²) in [6.45, 7) is 7.98. The van der Waals surface area contributed by atoms with E-state index < -0.39 is 0 Å². The van der Waals surface area contributed by atoms with Crippen LogP contribution in [0.1, 0.15) is 38.3 Å². The van der Waals surface area contributed by atoms with Crippen LogP contribution in [0, 0.1) is 5.41 Å². The van der Waals surface area contributed by atoms with Crippen LogP contribution >= 0.6 is 0 Å². The molecular formula is C14H21N. The summed E-state index contributed by atoms with van der Waals surface area (Å²) in [4.78, 5) is 0. The van der Waals surface area contributed by atoms with E-state index in [1.54, 1.807) is 0 Å². The van der Waals surface area contributed by atoms with Gasteiger partial charge in [0.15, 0.2) is 0 Å².